The molecule has 82 valence electrons. The summed E-state index contributed by atoms with van der Waals surface area (Å²) in [5.74, 6) is 1.47. The monoisotopic (exact) mass is 219 g/mol. The molecule has 5 heteroatoms. The highest BCUT2D eigenvalue weighted by molar-refractivity contribution is 8.24. The summed E-state index contributed by atoms with van der Waals surface area (Å²) >= 11 is 0. The van der Waals surface area contributed by atoms with Crippen LogP contribution in [0, 0.1) is 5.92 Å². The molecule has 14 heavy (non-hydrogen) atoms. The quantitative estimate of drug-likeness (QED) is 0.672. The van der Waals surface area contributed by atoms with Crippen LogP contribution in [0.25, 0.3) is 0 Å². The average molecular weight is 219 g/mol. The van der Waals surface area contributed by atoms with Gasteiger partial charge >= 0.3 is 0 Å². The Bertz CT molecular complexity index is 240. The van der Waals surface area contributed by atoms with Gasteiger partial charge in [0.1, 0.15) is 0 Å². The van der Waals surface area contributed by atoms with Crippen molar-refractivity contribution in [3.05, 3.63) is 0 Å². The summed E-state index contributed by atoms with van der Waals surface area (Å²) in [6.07, 6.45) is 3.68. The SMILES string of the molecule is O=C(CC1CC1)NC1CCS(O)(O)C1. The molecule has 0 radical (unpaired) electrons. The fraction of sp³-hybridized carbons (Fsp3) is 0.889. The van der Waals surface area contributed by atoms with Crippen LogP contribution in [0.1, 0.15) is 25.7 Å². The number of nitrogens with one attached hydrogen (secondary N) is 1. The molecule has 2 rings (SSSR count). The molecule has 0 aromatic heterocycles. The van der Waals surface area contributed by atoms with Crippen molar-refractivity contribution >= 4 is 16.5 Å². The zero-order valence-corrected chi connectivity index (χ0v) is 8.92. The minimum Gasteiger partial charge on any atom is -0.352 e. The maximum absolute atomic E-state index is 11.4. The molecular weight excluding hydrogens is 202 g/mol. The van der Waals surface area contributed by atoms with E-state index in [9.17, 15) is 13.9 Å². The third-order valence-corrected chi connectivity index (χ3v) is 4.62. The van der Waals surface area contributed by atoms with Gasteiger partial charge in [-0.1, -0.05) is 0 Å². The lowest BCUT2D eigenvalue weighted by Gasteiger charge is -2.26. The zero-order valence-electron chi connectivity index (χ0n) is 8.11. The van der Waals surface area contributed by atoms with Gasteiger partial charge in [-0.3, -0.25) is 13.9 Å². The minimum atomic E-state index is -2.37. The first-order valence-electron chi connectivity index (χ1n) is 5.08. The highest BCUT2D eigenvalue weighted by atomic mass is 32.3. The smallest absolute Gasteiger partial charge is 0.220 e. The van der Waals surface area contributed by atoms with Crippen molar-refractivity contribution in [2.24, 2.45) is 5.92 Å². The van der Waals surface area contributed by atoms with Gasteiger partial charge in [0.05, 0.1) is 5.75 Å². The van der Waals surface area contributed by atoms with Crippen molar-refractivity contribution in [2.45, 2.75) is 31.7 Å². The molecule has 4 nitrogen and oxygen atoms in total. The van der Waals surface area contributed by atoms with Gasteiger partial charge in [0.15, 0.2) is 0 Å². The van der Waals surface area contributed by atoms with Crippen molar-refractivity contribution in [3.8, 4) is 0 Å². The van der Waals surface area contributed by atoms with E-state index in [0.29, 0.717) is 30.3 Å². The van der Waals surface area contributed by atoms with Crippen LogP contribution in [0.4, 0.5) is 0 Å². The summed E-state index contributed by atoms with van der Waals surface area (Å²) in [5.41, 5.74) is 0. The van der Waals surface area contributed by atoms with Gasteiger partial charge in [-0.2, -0.15) is 10.6 Å². The maximum atomic E-state index is 11.4. The Morgan fingerprint density at radius 3 is 2.57 bits per heavy atom. The topological polar surface area (TPSA) is 69.6 Å². The van der Waals surface area contributed by atoms with Crippen molar-refractivity contribution in [2.75, 3.05) is 11.5 Å². The molecule has 0 aromatic carbocycles. The molecule has 2 fully saturated rings. The Kier molecular flexibility index (Phi) is 2.72. The van der Waals surface area contributed by atoms with Gasteiger partial charge in [-0.15, -0.1) is 0 Å². The standard InChI is InChI=1S/C9H17NO3S/c11-9(5-7-1-2-7)10-8-3-4-14(12,13)6-8/h7-8,12-13H,1-6H2,(H,10,11). The lowest BCUT2D eigenvalue weighted by Crippen LogP contribution is -2.35. The first-order valence-corrected chi connectivity index (χ1v) is 6.97. The molecule has 1 heterocycles. The van der Waals surface area contributed by atoms with E-state index in [-0.39, 0.29) is 11.9 Å². The second-order valence-electron chi connectivity index (χ2n) is 4.37. The van der Waals surface area contributed by atoms with Crippen LogP contribution >= 0.6 is 10.6 Å². The molecule has 1 aliphatic heterocycles. The van der Waals surface area contributed by atoms with Gasteiger partial charge in [0.25, 0.3) is 0 Å². The van der Waals surface area contributed by atoms with E-state index < -0.39 is 10.6 Å². The Balaban J connectivity index is 1.72. The lowest BCUT2D eigenvalue weighted by molar-refractivity contribution is -0.121. The number of carbonyl (C=O) groups excluding carboxylic acids is 1. The highest BCUT2D eigenvalue weighted by Crippen LogP contribution is 2.45. The summed E-state index contributed by atoms with van der Waals surface area (Å²) in [6.45, 7) is 0. The number of carbonyl (C=O) groups is 1. The summed E-state index contributed by atoms with van der Waals surface area (Å²) in [7, 11) is -2.37. The van der Waals surface area contributed by atoms with Crippen molar-refractivity contribution < 1.29 is 13.9 Å². The number of hydrogen-bond donors (Lipinski definition) is 3. The fourth-order valence-corrected chi connectivity index (χ4v) is 3.53. The summed E-state index contributed by atoms with van der Waals surface area (Å²) in [4.78, 5) is 11.4. The first kappa shape index (κ1) is 10.3. The van der Waals surface area contributed by atoms with E-state index in [4.69, 9.17) is 0 Å². The molecule has 1 amide bonds. The number of rotatable bonds is 3. The van der Waals surface area contributed by atoms with Crippen LogP contribution in [0.5, 0.6) is 0 Å². The number of hydrogen-bond acceptors (Lipinski definition) is 3. The molecule has 1 unspecified atom stereocenters. The van der Waals surface area contributed by atoms with Crippen LogP contribution in [0.3, 0.4) is 0 Å². The van der Waals surface area contributed by atoms with Crippen LogP contribution in [0.2, 0.25) is 0 Å². The van der Waals surface area contributed by atoms with Crippen molar-refractivity contribution in [1.82, 2.24) is 5.32 Å². The van der Waals surface area contributed by atoms with E-state index >= 15 is 0 Å². The third-order valence-electron chi connectivity index (χ3n) is 2.80. The van der Waals surface area contributed by atoms with E-state index in [2.05, 4.69) is 5.32 Å². The summed E-state index contributed by atoms with van der Waals surface area (Å²) in [6, 6.07) is -0.00810. The largest absolute Gasteiger partial charge is 0.352 e. The Morgan fingerprint density at radius 2 is 2.07 bits per heavy atom. The molecule has 1 atom stereocenters. The van der Waals surface area contributed by atoms with Crippen LogP contribution in [-0.4, -0.2) is 32.6 Å². The predicted molar refractivity (Wildman–Crippen MR) is 56.5 cm³/mol. The second-order valence-corrected chi connectivity index (χ2v) is 6.72. The molecule has 1 aliphatic carbocycles. The summed E-state index contributed by atoms with van der Waals surface area (Å²) in [5, 5.41) is 2.87. The van der Waals surface area contributed by atoms with Gasteiger partial charge < -0.3 is 5.32 Å². The van der Waals surface area contributed by atoms with Gasteiger partial charge in [0.2, 0.25) is 5.91 Å². The fourth-order valence-electron chi connectivity index (χ4n) is 1.80. The predicted octanol–water partition coefficient (Wildman–Crippen LogP) is 1.43. The highest BCUT2D eigenvalue weighted by Gasteiger charge is 2.31. The van der Waals surface area contributed by atoms with E-state index in [1.165, 1.54) is 12.8 Å². The Hall–Kier alpha value is -0.260. The minimum absolute atomic E-state index is 0.00810. The van der Waals surface area contributed by atoms with Gasteiger partial charge in [-0.05, 0) is 25.2 Å². The molecule has 0 spiro atoms. The van der Waals surface area contributed by atoms with Gasteiger partial charge in [0, 0.05) is 18.2 Å². The van der Waals surface area contributed by atoms with Crippen LogP contribution in [-0.2, 0) is 4.79 Å². The van der Waals surface area contributed by atoms with E-state index in [1.807, 2.05) is 0 Å². The van der Waals surface area contributed by atoms with Crippen molar-refractivity contribution in [1.29, 1.82) is 0 Å². The normalized spacial score (nSPS) is 32.6. The molecule has 1 saturated carbocycles. The third kappa shape index (κ3) is 2.87. The summed E-state index contributed by atoms with van der Waals surface area (Å²) < 4.78 is 18.7. The molecular formula is C9H17NO3S. The maximum Gasteiger partial charge on any atom is 0.220 e. The average Bonchev–Trinajstić information content (AvgIpc) is 2.78. The molecule has 0 aromatic rings. The van der Waals surface area contributed by atoms with E-state index in [1.54, 1.807) is 0 Å². The van der Waals surface area contributed by atoms with Crippen LogP contribution < -0.4 is 5.32 Å². The van der Waals surface area contributed by atoms with Crippen LogP contribution in [0.15, 0.2) is 0 Å². The van der Waals surface area contributed by atoms with Crippen molar-refractivity contribution in [3.63, 3.8) is 0 Å². The zero-order chi connectivity index (χ0) is 10.2. The Labute approximate surface area is 85.4 Å². The second kappa shape index (κ2) is 3.72. The number of amides is 1. The Morgan fingerprint density at radius 1 is 1.36 bits per heavy atom. The molecule has 2 aliphatic rings. The van der Waals surface area contributed by atoms with Gasteiger partial charge in [-0.25, -0.2) is 0 Å². The lowest BCUT2D eigenvalue weighted by atomic mass is 10.2. The first-order chi connectivity index (χ1) is 6.55. The molecule has 0 bridgehead atoms. The molecule has 1 saturated heterocycles. The van der Waals surface area contributed by atoms with E-state index in [0.717, 1.165) is 0 Å². The molecule has 3 N–H and O–H groups in total.